The zero-order chi connectivity index (χ0) is 32.5. The molecule has 4 N–H and O–H groups in total. The Kier molecular flexibility index (Phi) is 10.7. The van der Waals surface area contributed by atoms with E-state index in [4.69, 9.17) is 11.6 Å². The number of rotatable bonds is 11. The van der Waals surface area contributed by atoms with E-state index < -0.39 is 23.0 Å². The van der Waals surface area contributed by atoms with Crippen LogP contribution in [0.15, 0.2) is 131 Å². The summed E-state index contributed by atoms with van der Waals surface area (Å²) in [5.41, 5.74) is 2.58. The van der Waals surface area contributed by atoms with Gasteiger partial charge >= 0.3 is 5.97 Å². The number of amides is 3. The number of thiophene rings is 1. The van der Waals surface area contributed by atoms with E-state index in [1.54, 1.807) is 54.6 Å². The minimum atomic E-state index is -1.21. The molecule has 0 bridgehead atoms. The number of aromatic carboxylic acids is 1. The highest BCUT2D eigenvalue weighted by Crippen LogP contribution is 2.37. The van der Waals surface area contributed by atoms with Gasteiger partial charge in [0.15, 0.2) is 0 Å². The molecule has 5 rings (SSSR count). The van der Waals surface area contributed by atoms with Crippen molar-refractivity contribution >= 4 is 75.8 Å². The molecule has 5 aromatic rings. The van der Waals surface area contributed by atoms with E-state index >= 15 is 0 Å². The molecule has 8 nitrogen and oxygen atoms in total. The molecule has 1 atom stereocenters. The summed E-state index contributed by atoms with van der Waals surface area (Å²) in [4.78, 5) is 52.2. The molecule has 230 valence electrons. The lowest BCUT2D eigenvalue weighted by atomic mass is 10.1. The zero-order valence-electron chi connectivity index (χ0n) is 24.0. The van der Waals surface area contributed by atoms with E-state index in [-0.39, 0.29) is 27.9 Å². The monoisotopic (exact) mass is 667 g/mol. The second-order valence-electron chi connectivity index (χ2n) is 9.81. The molecule has 3 amide bonds. The Labute approximate surface area is 278 Å². The first-order chi connectivity index (χ1) is 22.3. The number of carbonyl (C=O) groups excluding carboxylic acids is 3. The summed E-state index contributed by atoms with van der Waals surface area (Å²) in [5.74, 6) is -2.53. The van der Waals surface area contributed by atoms with Crippen LogP contribution in [0, 0.1) is 0 Å². The van der Waals surface area contributed by atoms with Gasteiger partial charge in [-0.05, 0) is 82.6 Å². The Morgan fingerprint density at radius 3 is 2.22 bits per heavy atom. The third kappa shape index (κ3) is 8.51. The molecule has 0 fully saturated rings. The molecule has 4 aromatic carbocycles. The molecule has 46 heavy (non-hydrogen) atoms. The standard InChI is InChI=1S/C35H26ClN3O5S2/c36-29-15-14-26(20-28(29)35(43)44)38-34(42)31(23-8-3-1-4-9-23)46-27-13-7-12-25(19-27)37-33(41)30(18-22-16-17-45-21-22)39-32(40)24-10-5-2-6-11-24/h1-21,31H,(H,37,41)(H,38,42)(H,39,40)(H,43,44)/b30-18-. The van der Waals surface area contributed by atoms with Crippen molar-refractivity contribution in [1.29, 1.82) is 0 Å². The van der Waals surface area contributed by atoms with Gasteiger partial charge < -0.3 is 21.1 Å². The molecule has 1 unspecified atom stereocenters. The SMILES string of the molecule is O=C(Nc1cccc(SC(C(=O)Nc2ccc(Cl)c(C(=O)O)c2)c2ccccc2)c1)/C(=C/c1ccsc1)NC(=O)c1ccccc1. The number of anilines is 2. The van der Waals surface area contributed by atoms with Crippen molar-refractivity contribution in [2.24, 2.45) is 0 Å². The lowest BCUT2D eigenvalue weighted by molar-refractivity contribution is -0.116. The maximum atomic E-state index is 13.6. The summed E-state index contributed by atoms with van der Waals surface area (Å²) >= 11 is 8.72. The first-order valence-corrected chi connectivity index (χ1v) is 16.0. The van der Waals surface area contributed by atoms with Crippen molar-refractivity contribution in [3.63, 3.8) is 0 Å². The summed E-state index contributed by atoms with van der Waals surface area (Å²) in [6, 6.07) is 30.8. The highest BCUT2D eigenvalue weighted by atomic mass is 35.5. The average Bonchev–Trinajstić information content (AvgIpc) is 3.58. The first-order valence-electron chi connectivity index (χ1n) is 13.8. The summed E-state index contributed by atoms with van der Waals surface area (Å²) < 4.78 is 0. The van der Waals surface area contributed by atoms with Crippen molar-refractivity contribution in [3.05, 3.63) is 153 Å². The van der Waals surface area contributed by atoms with Gasteiger partial charge in [-0.1, -0.05) is 66.2 Å². The van der Waals surface area contributed by atoms with Crippen LogP contribution in [0.4, 0.5) is 11.4 Å². The van der Waals surface area contributed by atoms with Crippen LogP contribution in [0.5, 0.6) is 0 Å². The van der Waals surface area contributed by atoms with Crippen LogP contribution in [0.2, 0.25) is 5.02 Å². The van der Waals surface area contributed by atoms with E-state index in [2.05, 4.69) is 16.0 Å². The Balaban J connectivity index is 1.36. The van der Waals surface area contributed by atoms with Gasteiger partial charge in [-0.15, -0.1) is 11.8 Å². The highest BCUT2D eigenvalue weighted by molar-refractivity contribution is 8.00. The van der Waals surface area contributed by atoms with Gasteiger partial charge in [0.25, 0.3) is 11.8 Å². The van der Waals surface area contributed by atoms with Crippen molar-refractivity contribution in [1.82, 2.24) is 5.32 Å². The molecule has 0 radical (unpaired) electrons. The molecule has 1 aromatic heterocycles. The molecule has 0 saturated heterocycles. The van der Waals surface area contributed by atoms with Crippen LogP contribution in [0.3, 0.4) is 0 Å². The van der Waals surface area contributed by atoms with Crippen LogP contribution in [0.25, 0.3) is 6.08 Å². The molecule has 11 heteroatoms. The van der Waals surface area contributed by atoms with Crippen LogP contribution >= 0.6 is 34.7 Å². The van der Waals surface area contributed by atoms with Gasteiger partial charge in [-0.3, -0.25) is 14.4 Å². The quantitative estimate of drug-likeness (QED) is 0.0836. The Morgan fingerprint density at radius 1 is 0.804 bits per heavy atom. The van der Waals surface area contributed by atoms with Crippen LogP contribution in [0.1, 0.15) is 37.1 Å². The largest absolute Gasteiger partial charge is 0.478 e. The zero-order valence-corrected chi connectivity index (χ0v) is 26.4. The topological polar surface area (TPSA) is 125 Å². The number of carbonyl (C=O) groups is 4. The van der Waals surface area contributed by atoms with Gasteiger partial charge in [-0.2, -0.15) is 11.3 Å². The predicted octanol–water partition coefficient (Wildman–Crippen LogP) is 7.98. The molecule has 0 saturated carbocycles. The van der Waals surface area contributed by atoms with E-state index in [1.807, 2.05) is 53.2 Å². The number of benzene rings is 4. The Bertz CT molecular complexity index is 1900. The van der Waals surface area contributed by atoms with E-state index in [1.165, 1.54) is 41.3 Å². The average molecular weight is 668 g/mol. The highest BCUT2D eigenvalue weighted by Gasteiger charge is 2.23. The minimum Gasteiger partial charge on any atom is -0.478 e. The minimum absolute atomic E-state index is 0.0614. The first kappa shape index (κ1) is 32.2. The van der Waals surface area contributed by atoms with E-state index in [0.29, 0.717) is 16.1 Å². The summed E-state index contributed by atoms with van der Waals surface area (Å²) in [5, 5.41) is 20.9. The third-order valence-electron chi connectivity index (χ3n) is 6.53. The van der Waals surface area contributed by atoms with Gasteiger partial charge in [-0.25, -0.2) is 4.79 Å². The molecule has 0 aliphatic heterocycles. The number of hydrogen-bond acceptors (Lipinski definition) is 6. The van der Waals surface area contributed by atoms with Gasteiger partial charge in [0, 0.05) is 21.8 Å². The molecular weight excluding hydrogens is 642 g/mol. The van der Waals surface area contributed by atoms with Crippen molar-refractivity contribution in [2.45, 2.75) is 10.1 Å². The molecule has 1 heterocycles. The second kappa shape index (κ2) is 15.2. The fraction of sp³-hybridized carbons (Fsp3) is 0.0286. The van der Waals surface area contributed by atoms with Crippen molar-refractivity contribution in [3.8, 4) is 0 Å². The molecule has 0 aliphatic rings. The van der Waals surface area contributed by atoms with Gasteiger partial charge in [0.05, 0.1) is 10.6 Å². The molecule has 0 aliphatic carbocycles. The van der Waals surface area contributed by atoms with Crippen molar-refractivity contribution < 1.29 is 24.3 Å². The lowest BCUT2D eigenvalue weighted by Crippen LogP contribution is -2.30. The maximum absolute atomic E-state index is 13.6. The van der Waals surface area contributed by atoms with Gasteiger partial charge in [0.1, 0.15) is 10.9 Å². The fourth-order valence-corrected chi connectivity index (χ4v) is 6.22. The summed E-state index contributed by atoms with van der Waals surface area (Å²) in [6.45, 7) is 0. The number of carboxylic acids is 1. The maximum Gasteiger partial charge on any atom is 0.337 e. The van der Waals surface area contributed by atoms with Crippen LogP contribution in [-0.4, -0.2) is 28.8 Å². The number of thioether (sulfide) groups is 1. The fourth-order valence-electron chi connectivity index (χ4n) is 4.32. The second-order valence-corrected chi connectivity index (χ2v) is 12.2. The Hall–Kier alpha value is -5.16. The number of hydrogen-bond donors (Lipinski definition) is 4. The number of carboxylic acid groups (broad SMARTS) is 1. The lowest BCUT2D eigenvalue weighted by Gasteiger charge is -2.18. The van der Waals surface area contributed by atoms with Gasteiger partial charge in [0.2, 0.25) is 5.91 Å². The van der Waals surface area contributed by atoms with E-state index in [9.17, 15) is 24.3 Å². The third-order valence-corrected chi connectivity index (χ3v) is 8.81. The van der Waals surface area contributed by atoms with E-state index in [0.717, 1.165) is 11.1 Å². The summed E-state index contributed by atoms with van der Waals surface area (Å²) in [7, 11) is 0. The predicted molar refractivity (Wildman–Crippen MR) is 183 cm³/mol. The Morgan fingerprint density at radius 2 is 1.52 bits per heavy atom. The van der Waals surface area contributed by atoms with Crippen LogP contribution in [-0.2, 0) is 9.59 Å². The molecular formula is C35H26ClN3O5S2. The smallest absolute Gasteiger partial charge is 0.337 e. The normalized spacial score (nSPS) is 11.7. The molecule has 0 spiro atoms. The number of halogens is 1. The van der Waals surface area contributed by atoms with Crippen LogP contribution < -0.4 is 16.0 Å². The van der Waals surface area contributed by atoms with Crippen molar-refractivity contribution in [2.75, 3.05) is 10.6 Å². The number of nitrogens with one attached hydrogen (secondary N) is 3. The summed E-state index contributed by atoms with van der Waals surface area (Å²) in [6.07, 6.45) is 1.60.